The lowest BCUT2D eigenvalue weighted by molar-refractivity contribution is -0.119. The van der Waals surface area contributed by atoms with Crippen molar-refractivity contribution in [3.05, 3.63) is 72.4 Å². The smallest absolute Gasteiger partial charge is 0.256 e. The van der Waals surface area contributed by atoms with E-state index >= 15 is 0 Å². The SMILES string of the molecule is CCn1ncc2c(C(=O)N3CSCC3C(=O)Nc3ccc(OC)cc3)cc(-c3ccccc3)nc21. The van der Waals surface area contributed by atoms with Gasteiger partial charge >= 0.3 is 0 Å². The van der Waals surface area contributed by atoms with E-state index in [1.54, 1.807) is 58.9 Å². The van der Waals surface area contributed by atoms with E-state index in [4.69, 9.17) is 9.72 Å². The van der Waals surface area contributed by atoms with Crippen molar-refractivity contribution in [3.63, 3.8) is 0 Å². The van der Waals surface area contributed by atoms with Gasteiger partial charge in [0.15, 0.2) is 5.65 Å². The van der Waals surface area contributed by atoms with Crippen molar-refractivity contribution < 1.29 is 14.3 Å². The Hall–Kier alpha value is -3.85. The standard InChI is InChI=1S/C26H25N5O3S/c1-3-31-24-21(14-27-31)20(13-22(29-24)17-7-5-4-6-8-17)26(33)30-16-35-15-23(30)25(32)28-18-9-11-19(34-2)12-10-18/h4-14,23H,3,15-16H2,1-2H3,(H,28,32). The highest BCUT2D eigenvalue weighted by molar-refractivity contribution is 7.99. The van der Waals surface area contributed by atoms with E-state index in [2.05, 4.69) is 10.4 Å². The Morgan fingerprint density at radius 2 is 1.91 bits per heavy atom. The van der Waals surface area contributed by atoms with Gasteiger partial charge in [0.05, 0.1) is 35.8 Å². The summed E-state index contributed by atoms with van der Waals surface area (Å²) in [5, 5.41) is 8.04. The van der Waals surface area contributed by atoms with E-state index in [1.807, 2.05) is 43.3 Å². The van der Waals surface area contributed by atoms with Crippen LogP contribution in [0.2, 0.25) is 0 Å². The lowest BCUT2D eigenvalue weighted by Gasteiger charge is -2.23. The zero-order chi connectivity index (χ0) is 24.4. The molecule has 1 aliphatic heterocycles. The van der Waals surface area contributed by atoms with Gasteiger partial charge in [-0.15, -0.1) is 11.8 Å². The van der Waals surface area contributed by atoms with Crippen LogP contribution in [0.4, 0.5) is 5.69 Å². The first kappa shape index (κ1) is 22.9. The third-order valence-corrected chi connectivity index (χ3v) is 7.02. The summed E-state index contributed by atoms with van der Waals surface area (Å²) in [6, 6.07) is 18.1. The minimum absolute atomic E-state index is 0.204. The fraction of sp³-hybridized carbons (Fsp3) is 0.231. The lowest BCUT2D eigenvalue weighted by atomic mass is 10.1. The second-order valence-corrected chi connectivity index (χ2v) is 9.13. The molecule has 1 saturated heterocycles. The molecule has 1 N–H and O–H groups in total. The van der Waals surface area contributed by atoms with Crippen LogP contribution < -0.4 is 10.1 Å². The molecule has 1 unspecified atom stereocenters. The summed E-state index contributed by atoms with van der Waals surface area (Å²) in [5.41, 5.74) is 3.42. The molecule has 9 heteroatoms. The van der Waals surface area contributed by atoms with E-state index in [-0.39, 0.29) is 11.8 Å². The van der Waals surface area contributed by atoms with Crippen molar-refractivity contribution >= 4 is 40.3 Å². The number of hydrogen-bond donors (Lipinski definition) is 1. The number of methoxy groups -OCH3 is 1. The van der Waals surface area contributed by atoms with Crippen molar-refractivity contribution in [3.8, 4) is 17.0 Å². The molecule has 8 nitrogen and oxygen atoms in total. The van der Waals surface area contributed by atoms with Crippen LogP contribution in [0.1, 0.15) is 17.3 Å². The number of carbonyl (C=O) groups is 2. The van der Waals surface area contributed by atoms with E-state index in [0.29, 0.717) is 51.9 Å². The minimum atomic E-state index is -0.584. The highest BCUT2D eigenvalue weighted by Gasteiger charge is 2.36. The van der Waals surface area contributed by atoms with Gasteiger partial charge in [-0.1, -0.05) is 30.3 Å². The first-order valence-corrected chi connectivity index (χ1v) is 12.5. The normalized spacial score (nSPS) is 15.4. The van der Waals surface area contributed by atoms with Gasteiger partial charge in [-0.05, 0) is 37.3 Å². The molecule has 0 bridgehead atoms. The van der Waals surface area contributed by atoms with Crippen LogP contribution in [-0.2, 0) is 11.3 Å². The Bertz CT molecular complexity index is 1370. The molecule has 0 radical (unpaired) electrons. The summed E-state index contributed by atoms with van der Waals surface area (Å²) < 4.78 is 6.96. The monoisotopic (exact) mass is 487 g/mol. The molecule has 2 aromatic carbocycles. The molecule has 178 valence electrons. The maximum Gasteiger partial charge on any atom is 0.256 e. The number of hydrogen-bond acceptors (Lipinski definition) is 6. The number of fused-ring (bicyclic) bond motifs is 1. The Morgan fingerprint density at radius 3 is 2.63 bits per heavy atom. The largest absolute Gasteiger partial charge is 0.497 e. The summed E-state index contributed by atoms with van der Waals surface area (Å²) in [6.45, 7) is 2.62. The van der Waals surface area contributed by atoms with Crippen LogP contribution in [0.25, 0.3) is 22.3 Å². The van der Waals surface area contributed by atoms with Gasteiger partial charge in [-0.3, -0.25) is 9.59 Å². The molecule has 0 saturated carbocycles. The number of nitrogens with zero attached hydrogens (tertiary/aromatic N) is 4. The lowest BCUT2D eigenvalue weighted by Crippen LogP contribution is -2.44. The fourth-order valence-corrected chi connectivity index (χ4v) is 5.28. The maximum atomic E-state index is 13.8. The van der Waals surface area contributed by atoms with Crippen molar-refractivity contribution in [2.75, 3.05) is 24.1 Å². The Labute approximate surface area is 207 Å². The number of aromatic nitrogens is 3. The van der Waals surface area contributed by atoms with E-state index < -0.39 is 6.04 Å². The van der Waals surface area contributed by atoms with Gasteiger partial charge in [0.2, 0.25) is 5.91 Å². The number of nitrogens with one attached hydrogen (secondary N) is 1. The number of ether oxygens (including phenoxy) is 1. The van der Waals surface area contributed by atoms with Crippen LogP contribution in [0, 0.1) is 0 Å². The average Bonchev–Trinajstić information content (AvgIpc) is 3.56. The number of aryl methyl sites for hydroxylation is 1. The van der Waals surface area contributed by atoms with Crippen molar-refractivity contribution in [1.82, 2.24) is 19.7 Å². The van der Waals surface area contributed by atoms with E-state index in [1.165, 1.54) is 0 Å². The molecule has 3 heterocycles. The summed E-state index contributed by atoms with van der Waals surface area (Å²) in [5.74, 6) is 1.25. The third-order valence-electron chi connectivity index (χ3n) is 6.01. The summed E-state index contributed by atoms with van der Waals surface area (Å²) in [7, 11) is 1.59. The molecular weight excluding hydrogens is 462 g/mol. The predicted octanol–water partition coefficient (Wildman–Crippen LogP) is 4.28. The zero-order valence-corrected chi connectivity index (χ0v) is 20.3. The first-order chi connectivity index (χ1) is 17.1. The number of pyridine rings is 1. The van der Waals surface area contributed by atoms with Crippen LogP contribution in [0.3, 0.4) is 0 Å². The number of benzene rings is 2. The second-order valence-electron chi connectivity index (χ2n) is 8.13. The molecule has 1 atom stereocenters. The molecule has 0 spiro atoms. The second kappa shape index (κ2) is 9.79. The van der Waals surface area contributed by atoms with Gasteiger partial charge in [-0.2, -0.15) is 5.10 Å². The van der Waals surface area contributed by atoms with Crippen LogP contribution in [-0.4, -0.2) is 56.3 Å². The quantitative estimate of drug-likeness (QED) is 0.437. The summed E-state index contributed by atoms with van der Waals surface area (Å²) in [4.78, 5) is 33.4. The Balaban J connectivity index is 1.47. The first-order valence-electron chi connectivity index (χ1n) is 11.3. The number of thioether (sulfide) groups is 1. The minimum Gasteiger partial charge on any atom is -0.497 e. The molecule has 2 aromatic heterocycles. The van der Waals surface area contributed by atoms with Crippen LogP contribution >= 0.6 is 11.8 Å². The molecule has 2 amide bonds. The topological polar surface area (TPSA) is 89.4 Å². The van der Waals surface area contributed by atoms with Gasteiger partial charge in [0, 0.05) is 23.5 Å². The molecule has 4 aromatic rings. The fourth-order valence-electron chi connectivity index (χ4n) is 4.13. The number of carbonyl (C=O) groups excluding carboxylic acids is 2. The van der Waals surface area contributed by atoms with Gasteiger partial charge in [0.1, 0.15) is 11.8 Å². The van der Waals surface area contributed by atoms with Gasteiger partial charge in [0.25, 0.3) is 5.91 Å². The number of anilines is 1. The van der Waals surface area contributed by atoms with Crippen LogP contribution in [0.5, 0.6) is 5.75 Å². The molecule has 1 aliphatic rings. The number of amides is 2. The molecular formula is C26H25N5O3S. The molecule has 0 aliphatic carbocycles. The van der Waals surface area contributed by atoms with Gasteiger partial charge in [-0.25, -0.2) is 9.67 Å². The van der Waals surface area contributed by atoms with Gasteiger partial charge < -0.3 is 15.0 Å². The molecule has 5 rings (SSSR count). The van der Waals surface area contributed by atoms with E-state index in [9.17, 15) is 9.59 Å². The van der Waals surface area contributed by atoms with E-state index in [0.717, 1.165) is 5.56 Å². The number of rotatable bonds is 6. The zero-order valence-electron chi connectivity index (χ0n) is 19.5. The Kier molecular flexibility index (Phi) is 6.41. The highest BCUT2D eigenvalue weighted by atomic mass is 32.2. The Morgan fingerprint density at radius 1 is 1.14 bits per heavy atom. The van der Waals surface area contributed by atoms with Crippen LogP contribution in [0.15, 0.2) is 66.9 Å². The maximum absolute atomic E-state index is 13.8. The predicted molar refractivity (Wildman–Crippen MR) is 138 cm³/mol. The highest BCUT2D eigenvalue weighted by Crippen LogP contribution is 2.30. The van der Waals surface area contributed by atoms with Crippen molar-refractivity contribution in [1.29, 1.82) is 0 Å². The van der Waals surface area contributed by atoms with Crippen molar-refractivity contribution in [2.45, 2.75) is 19.5 Å². The summed E-state index contributed by atoms with van der Waals surface area (Å²) >= 11 is 1.56. The molecule has 1 fully saturated rings. The summed E-state index contributed by atoms with van der Waals surface area (Å²) in [6.07, 6.45) is 1.68. The van der Waals surface area contributed by atoms with Crippen molar-refractivity contribution in [2.24, 2.45) is 0 Å². The average molecular weight is 488 g/mol. The molecule has 35 heavy (non-hydrogen) atoms. The third kappa shape index (κ3) is 4.46.